The van der Waals surface area contributed by atoms with Gasteiger partial charge in [0, 0.05) is 5.56 Å². The molecule has 0 aliphatic heterocycles. The molecule has 1 aromatic rings. The van der Waals surface area contributed by atoms with Crippen LogP contribution in [0.3, 0.4) is 0 Å². The zero-order chi connectivity index (χ0) is 13.0. The molecule has 98 valence electrons. The van der Waals surface area contributed by atoms with Crippen LogP contribution in [-0.2, 0) is 10.8 Å². The average Bonchev–Trinajstić information content (AvgIpc) is 2.37. The first-order valence-corrected chi connectivity index (χ1v) is 10.2. The number of allylic oxidation sites excluding steroid dienone is 1. The van der Waals surface area contributed by atoms with E-state index < -0.39 is 8.32 Å². The van der Waals surface area contributed by atoms with E-state index in [-0.39, 0.29) is 0 Å². The zero-order valence-electron chi connectivity index (χ0n) is 11.8. The molecule has 0 fully saturated rings. The van der Waals surface area contributed by atoms with Gasteiger partial charge >= 0.3 is 0 Å². The van der Waals surface area contributed by atoms with Crippen molar-refractivity contribution in [2.24, 2.45) is 0 Å². The van der Waals surface area contributed by atoms with Crippen molar-refractivity contribution < 1.29 is 4.43 Å². The van der Waals surface area contributed by atoms with E-state index in [4.69, 9.17) is 4.43 Å². The second-order valence-corrected chi connectivity index (χ2v) is 9.95. The molecule has 0 spiro atoms. The van der Waals surface area contributed by atoms with E-state index in [0.29, 0.717) is 0 Å². The van der Waals surface area contributed by atoms with Gasteiger partial charge in [0.25, 0.3) is 0 Å². The Hall–Kier alpha value is -1.02. The fourth-order valence-electron chi connectivity index (χ4n) is 2.50. The Kier molecular flexibility index (Phi) is 4.28. The molecule has 2 heteroatoms. The largest absolute Gasteiger partial charge is 0.544 e. The topological polar surface area (TPSA) is 9.23 Å². The van der Waals surface area contributed by atoms with Crippen LogP contribution in [-0.4, -0.2) is 8.32 Å². The molecule has 1 aliphatic rings. The molecule has 18 heavy (non-hydrogen) atoms. The molecule has 0 unspecified atom stereocenters. The normalized spacial score (nSPS) is 14.9. The second kappa shape index (κ2) is 5.74. The summed E-state index contributed by atoms with van der Waals surface area (Å²) < 4.78 is 6.41. The number of aryl methyl sites for hydroxylation is 1. The van der Waals surface area contributed by atoms with Crippen LogP contribution in [0, 0.1) is 0 Å². The molecule has 0 radical (unpaired) electrons. The lowest BCUT2D eigenvalue weighted by Gasteiger charge is -2.28. The molecule has 1 nitrogen and oxygen atoms in total. The monoisotopic (exact) mass is 260 g/mol. The molecule has 2 rings (SSSR count). The maximum Gasteiger partial charge on any atom is 0.245 e. The number of hydrogen-bond donors (Lipinski definition) is 0. The van der Waals surface area contributed by atoms with E-state index in [9.17, 15) is 0 Å². The van der Waals surface area contributed by atoms with Crippen LogP contribution < -0.4 is 0 Å². The molecule has 0 amide bonds. The summed E-state index contributed by atoms with van der Waals surface area (Å²) in [6.07, 6.45) is 7.09. The van der Waals surface area contributed by atoms with Gasteiger partial charge in [0.15, 0.2) is 0 Å². The van der Waals surface area contributed by atoms with Gasteiger partial charge in [0.05, 0.1) is 0 Å². The molecule has 0 N–H and O–H groups in total. The Bertz CT molecular complexity index is 434. The minimum atomic E-state index is -1.55. The summed E-state index contributed by atoms with van der Waals surface area (Å²) in [7, 11) is -1.55. The van der Waals surface area contributed by atoms with Crippen molar-refractivity contribution in [1.82, 2.24) is 0 Å². The van der Waals surface area contributed by atoms with Crippen molar-refractivity contribution >= 4 is 14.1 Å². The molecular weight excluding hydrogens is 236 g/mol. The molecule has 1 aliphatic carbocycles. The van der Waals surface area contributed by atoms with Crippen LogP contribution >= 0.6 is 0 Å². The average molecular weight is 260 g/mol. The molecule has 0 saturated carbocycles. The summed E-state index contributed by atoms with van der Waals surface area (Å²) in [5.41, 5.74) is 2.76. The quantitative estimate of drug-likeness (QED) is 0.677. The molecule has 0 aromatic heterocycles. The fourth-order valence-corrected chi connectivity index (χ4v) is 4.59. The van der Waals surface area contributed by atoms with E-state index in [1.807, 2.05) is 0 Å². The lowest BCUT2D eigenvalue weighted by atomic mass is 9.96. The van der Waals surface area contributed by atoms with Crippen LogP contribution in [0.5, 0.6) is 0 Å². The van der Waals surface area contributed by atoms with Gasteiger partial charge in [0.2, 0.25) is 8.32 Å². The minimum Gasteiger partial charge on any atom is -0.544 e. The summed E-state index contributed by atoms with van der Waals surface area (Å²) in [5, 5.41) is 0. The van der Waals surface area contributed by atoms with Gasteiger partial charge in [-0.3, -0.25) is 0 Å². The highest BCUT2D eigenvalue weighted by Crippen LogP contribution is 2.31. The van der Waals surface area contributed by atoms with Crippen molar-refractivity contribution in [1.29, 1.82) is 0 Å². The Balaban J connectivity index is 2.12. The van der Waals surface area contributed by atoms with Gasteiger partial charge < -0.3 is 4.43 Å². The number of unbranched alkanes of at least 4 members (excludes halogenated alkanes) is 1. The maximum atomic E-state index is 6.41. The lowest BCUT2D eigenvalue weighted by molar-refractivity contribution is 0.495. The number of rotatable bonds is 5. The van der Waals surface area contributed by atoms with Crippen molar-refractivity contribution in [3.63, 3.8) is 0 Å². The summed E-state index contributed by atoms with van der Waals surface area (Å²) in [6.45, 7) is 6.92. The molecule has 0 atom stereocenters. The highest BCUT2D eigenvalue weighted by Gasteiger charge is 2.26. The first kappa shape index (κ1) is 13.4. The lowest BCUT2D eigenvalue weighted by Crippen LogP contribution is -2.29. The summed E-state index contributed by atoms with van der Waals surface area (Å²) >= 11 is 0. The standard InChI is InChI=1S/C16H24OSi/c1-4-5-13-18(2,3)17-16-12-8-10-14-9-6-7-11-15(14)16/h6-7,9,11-12H,4-5,8,10,13H2,1-3H3. The number of fused-ring (bicyclic) bond motifs is 1. The van der Waals surface area contributed by atoms with Crippen LogP contribution in [0.25, 0.3) is 5.76 Å². The van der Waals surface area contributed by atoms with Crippen LogP contribution in [0.15, 0.2) is 30.3 Å². The molecule has 0 saturated heterocycles. The highest BCUT2D eigenvalue weighted by molar-refractivity contribution is 6.71. The van der Waals surface area contributed by atoms with E-state index in [2.05, 4.69) is 50.4 Å². The van der Waals surface area contributed by atoms with Crippen molar-refractivity contribution in [3.8, 4) is 0 Å². The van der Waals surface area contributed by atoms with Gasteiger partial charge in [-0.05, 0) is 43.6 Å². The molecule has 0 bridgehead atoms. The molecular formula is C16H24OSi. The third-order valence-electron chi connectivity index (χ3n) is 3.54. The number of hydrogen-bond acceptors (Lipinski definition) is 1. The van der Waals surface area contributed by atoms with Crippen molar-refractivity contribution in [2.75, 3.05) is 0 Å². The van der Waals surface area contributed by atoms with Crippen molar-refractivity contribution in [2.45, 2.75) is 51.7 Å². The van der Waals surface area contributed by atoms with E-state index in [1.54, 1.807) is 0 Å². The van der Waals surface area contributed by atoms with Gasteiger partial charge in [0.1, 0.15) is 5.76 Å². The Labute approximate surface area is 112 Å². The molecule has 1 aromatic carbocycles. The van der Waals surface area contributed by atoms with Crippen LogP contribution in [0.2, 0.25) is 19.1 Å². The van der Waals surface area contributed by atoms with E-state index in [0.717, 1.165) is 18.6 Å². The maximum absolute atomic E-state index is 6.41. The third kappa shape index (κ3) is 3.26. The third-order valence-corrected chi connectivity index (χ3v) is 5.88. The van der Waals surface area contributed by atoms with Crippen LogP contribution in [0.1, 0.15) is 37.3 Å². The van der Waals surface area contributed by atoms with E-state index in [1.165, 1.54) is 30.0 Å². The fraction of sp³-hybridized carbons (Fsp3) is 0.500. The van der Waals surface area contributed by atoms with Gasteiger partial charge in [-0.1, -0.05) is 44.0 Å². The molecule has 0 heterocycles. The summed E-state index contributed by atoms with van der Waals surface area (Å²) in [5.74, 6) is 1.14. The van der Waals surface area contributed by atoms with E-state index >= 15 is 0 Å². The number of benzene rings is 1. The SMILES string of the molecule is CCCC[Si](C)(C)OC1=CCCc2ccccc21. The Morgan fingerprint density at radius 2 is 2.00 bits per heavy atom. The van der Waals surface area contributed by atoms with Gasteiger partial charge in [-0.2, -0.15) is 0 Å². The zero-order valence-corrected chi connectivity index (χ0v) is 12.8. The smallest absolute Gasteiger partial charge is 0.245 e. The summed E-state index contributed by atoms with van der Waals surface area (Å²) in [4.78, 5) is 0. The second-order valence-electron chi connectivity index (χ2n) is 5.73. The van der Waals surface area contributed by atoms with Gasteiger partial charge in [-0.25, -0.2) is 0 Å². The first-order valence-electron chi connectivity index (χ1n) is 7.10. The van der Waals surface area contributed by atoms with Crippen LogP contribution in [0.4, 0.5) is 0 Å². The highest BCUT2D eigenvalue weighted by atomic mass is 28.4. The summed E-state index contributed by atoms with van der Waals surface area (Å²) in [6, 6.07) is 9.92. The minimum absolute atomic E-state index is 1.12. The first-order chi connectivity index (χ1) is 8.62. The Morgan fingerprint density at radius 1 is 1.22 bits per heavy atom. The predicted molar refractivity (Wildman–Crippen MR) is 81.0 cm³/mol. The van der Waals surface area contributed by atoms with Crippen molar-refractivity contribution in [3.05, 3.63) is 41.5 Å². The Morgan fingerprint density at radius 3 is 2.78 bits per heavy atom. The van der Waals surface area contributed by atoms with Gasteiger partial charge in [-0.15, -0.1) is 0 Å². The predicted octanol–water partition coefficient (Wildman–Crippen LogP) is 5.00.